The Hall–Kier alpha value is -1.36. The van der Waals surface area contributed by atoms with Gasteiger partial charge in [-0.05, 0) is 32.4 Å². The monoisotopic (exact) mass is 251 g/mol. The predicted octanol–water partition coefficient (Wildman–Crippen LogP) is 1.46. The highest BCUT2D eigenvalue weighted by molar-refractivity contribution is 5.75. The van der Waals surface area contributed by atoms with E-state index in [0.717, 1.165) is 18.7 Å². The second kappa shape index (κ2) is 5.10. The summed E-state index contributed by atoms with van der Waals surface area (Å²) in [5, 5.41) is 17.1. The summed E-state index contributed by atoms with van der Waals surface area (Å²) < 4.78 is 1.92. The molecule has 1 aliphatic rings. The lowest BCUT2D eigenvalue weighted by Crippen LogP contribution is -2.35. The van der Waals surface area contributed by atoms with Crippen LogP contribution in [0.3, 0.4) is 0 Å². The van der Waals surface area contributed by atoms with Gasteiger partial charge in [-0.2, -0.15) is 5.10 Å². The van der Waals surface area contributed by atoms with Gasteiger partial charge in [-0.3, -0.25) is 9.48 Å². The molecule has 1 aromatic heterocycles. The fourth-order valence-electron chi connectivity index (χ4n) is 2.40. The van der Waals surface area contributed by atoms with Crippen LogP contribution in [0.5, 0.6) is 0 Å². The maximum atomic E-state index is 11.5. The Morgan fingerprint density at radius 3 is 3.06 bits per heavy atom. The summed E-state index contributed by atoms with van der Waals surface area (Å²) in [6.45, 7) is 5.55. The minimum Gasteiger partial charge on any atom is -0.481 e. The lowest BCUT2D eigenvalue weighted by molar-refractivity contribution is -0.147. The molecule has 0 spiro atoms. The first-order valence-electron chi connectivity index (χ1n) is 6.55. The van der Waals surface area contributed by atoms with Gasteiger partial charge in [-0.25, -0.2) is 0 Å². The first-order valence-corrected chi connectivity index (χ1v) is 6.55. The topological polar surface area (TPSA) is 67.2 Å². The molecule has 1 aromatic rings. The molecule has 2 N–H and O–H groups in total. The molecule has 5 nitrogen and oxygen atoms in total. The number of carboxylic acids is 1. The molecule has 0 aromatic carbocycles. The first-order chi connectivity index (χ1) is 8.57. The molecule has 2 heterocycles. The van der Waals surface area contributed by atoms with Gasteiger partial charge in [0.15, 0.2) is 0 Å². The van der Waals surface area contributed by atoms with Crippen molar-refractivity contribution in [3.05, 3.63) is 18.0 Å². The van der Waals surface area contributed by atoms with Crippen molar-refractivity contribution >= 4 is 5.97 Å². The van der Waals surface area contributed by atoms with Gasteiger partial charge >= 0.3 is 5.97 Å². The third-order valence-corrected chi connectivity index (χ3v) is 3.92. The molecule has 2 unspecified atom stereocenters. The van der Waals surface area contributed by atoms with Crippen LogP contribution in [0.2, 0.25) is 0 Å². The van der Waals surface area contributed by atoms with E-state index in [0.29, 0.717) is 25.4 Å². The van der Waals surface area contributed by atoms with Gasteiger partial charge in [0, 0.05) is 25.2 Å². The van der Waals surface area contributed by atoms with Crippen molar-refractivity contribution in [2.45, 2.75) is 39.2 Å². The number of nitrogens with zero attached hydrogens (tertiary/aromatic N) is 2. The Labute approximate surface area is 107 Å². The van der Waals surface area contributed by atoms with Gasteiger partial charge in [0.2, 0.25) is 0 Å². The number of rotatable bonds is 5. The van der Waals surface area contributed by atoms with Crippen LogP contribution in [0.1, 0.15) is 38.4 Å². The molecule has 0 bridgehead atoms. The lowest BCUT2D eigenvalue weighted by atomic mass is 9.82. The zero-order chi connectivity index (χ0) is 13.2. The van der Waals surface area contributed by atoms with Crippen molar-refractivity contribution in [1.29, 1.82) is 0 Å². The van der Waals surface area contributed by atoms with E-state index in [1.807, 2.05) is 16.9 Å². The van der Waals surface area contributed by atoms with Crippen molar-refractivity contribution in [2.75, 3.05) is 13.1 Å². The van der Waals surface area contributed by atoms with E-state index in [1.54, 1.807) is 0 Å². The Morgan fingerprint density at radius 1 is 1.72 bits per heavy atom. The summed E-state index contributed by atoms with van der Waals surface area (Å²) in [4.78, 5) is 11.5. The normalized spacial score (nSPS) is 25.2. The number of nitrogens with one attached hydrogen (secondary N) is 1. The van der Waals surface area contributed by atoms with Crippen LogP contribution < -0.4 is 5.32 Å². The summed E-state index contributed by atoms with van der Waals surface area (Å²) in [6, 6.07) is 2.30. The van der Waals surface area contributed by atoms with Gasteiger partial charge in [0.1, 0.15) is 0 Å². The molecular formula is C13H21N3O2. The summed E-state index contributed by atoms with van der Waals surface area (Å²) in [6.07, 6.45) is 4.16. The van der Waals surface area contributed by atoms with Crippen molar-refractivity contribution in [3.8, 4) is 0 Å². The molecule has 1 fully saturated rings. The highest BCUT2D eigenvalue weighted by atomic mass is 16.4. The molecule has 18 heavy (non-hydrogen) atoms. The largest absolute Gasteiger partial charge is 0.481 e. The fraction of sp³-hybridized carbons (Fsp3) is 0.692. The average molecular weight is 251 g/mol. The highest BCUT2D eigenvalue weighted by Gasteiger charge is 2.42. The Kier molecular flexibility index (Phi) is 3.71. The molecule has 5 heteroatoms. The quantitative estimate of drug-likeness (QED) is 0.831. The van der Waals surface area contributed by atoms with Crippen LogP contribution in [-0.2, 0) is 11.2 Å². The van der Waals surface area contributed by atoms with Crippen molar-refractivity contribution in [2.24, 2.45) is 5.41 Å². The van der Waals surface area contributed by atoms with Gasteiger partial charge in [-0.1, -0.05) is 6.92 Å². The number of aliphatic carboxylic acids is 1. The average Bonchev–Trinajstić information content (AvgIpc) is 2.98. The van der Waals surface area contributed by atoms with E-state index in [4.69, 9.17) is 0 Å². The van der Waals surface area contributed by atoms with E-state index in [1.165, 1.54) is 0 Å². The Bertz CT molecular complexity index is 422. The number of aromatic nitrogens is 2. The van der Waals surface area contributed by atoms with Crippen molar-refractivity contribution in [1.82, 2.24) is 15.1 Å². The molecule has 2 atom stereocenters. The second-order valence-electron chi connectivity index (χ2n) is 5.23. The Balaban J connectivity index is 2.12. The maximum absolute atomic E-state index is 11.5. The lowest BCUT2D eigenvalue weighted by Gasteiger charge is -2.21. The third kappa shape index (κ3) is 2.41. The van der Waals surface area contributed by atoms with E-state index < -0.39 is 11.4 Å². The minimum atomic E-state index is -0.717. The molecule has 0 radical (unpaired) electrons. The second-order valence-corrected chi connectivity index (χ2v) is 5.23. The van der Waals surface area contributed by atoms with E-state index in [9.17, 15) is 9.90 Å². The molecule has 0 amide bonds. The van der Waals surface area contributed by atoms with Gasteiger partial charge < -0.3 is 10.4 Å². The van der Waals surface area contributed by atoms with Crippen LogP contribution >= 0.6 is 0 Å². The van der Waals surface area contributed by atoms with Crippen LogP contribution in [0.25, 0.3) is 0 Å². The summed E-state index contributed by atoms with van der Waals surface area (Å²) in [7, 11) is 0. The summed E-state index contributed by atoms with van der Waals surface area (Å²) in [5.41, 5.74) is 0.204. The van der Waals surface area contributed by atoms with Crippen molar-refractivity contribution in [3.63, 3.8) is 0 Å². The van der Waals surface area contributed by atoms with Crippen LogP contribution in [-0.4, -0.2) is 33.9 Å². The number of hydrogen-bond donors (Lipinski definition) is 2. The molecule has 0 saturated carbocycles. The number of carbonyl (C=O) groups is 1. The van der Waals surface area contributed by atoms with Crippen molar-refractivity contribution < 1.29 is 9.90 Å². The molecule has 1 saturated heterocycles. The van der Waals surface area contributed by atoms with Crippen LogP contribution in [0.15, 0.2) is 12.3 Å². The van der Waals surface area contributed by atoms with Crippen LogP contribution in [0.4, 0.5) is 0 Å². The van der Waals surface area contributed by atoms with E-state index in [2.05, 4.69) is 24.3 Å². The number of hydrogen-bond acceptors (Lipinski definition) is 3. The summed E-state index contributed by atoms with van der Waals surface area (Å²) in [5.74, 6) is -0.717. The van der Waals surface area contributed by atoms with Gasteiger partial charge in [-0.15, -0.1) is 0 Å². The summed E-state index contributed by atoms with van der Waals surface area (Å²) >= 11 is 0. The number of carboxylic acid groups (broad SMARTS) is 1. The molecule has 2 rings (SSSR count). The molecule has 100 valence electrons. The van der Waals surface area contributed by atoms with E-state index >= 15 is 0 Å². The van der Waals surface area contributed by atoms with E-state index in [-0.39, 0.29) is 0 Å². The fourth-order valence-corrected chi connectivity index (χ4v) is 2.40. The Morgan fingerprint density at radius 2 is 2.50 bits per heavy atom. The smallest absolute Gasteiger partial charge is 0.311 e. The van der Waals surface area contributed by atoms with Gasteiger partial charge in [0.25, 0.3) is 0 Å². The standard InChI is InChI=1S/C13H21N3O2/c1-3-10(2)16-7-4-11(15-16)8-13(12(17)18)5-6-14-9-13/h4,7,10,14H,3,5-6,8-9H2,1-2H3,(H,17,18). The zero-order valence-electron chi connectivity index (χ0n) is 11.0. The molecule has 0 aliphatic carbocycles. The SMILES string of the molecule is CCC(C)n1ccc(CC2(C(=O)O)CCNC2)n1. The minimum absolute atomic E-state index is 0.362. The molecular weight excluding hydrogens is 230 g/mol. The predicted molar refractivity (Wildman–Crippen MR) is 68.5 cm³/mol. The third-order valence-electron chi connectivity index (χ3n) is 3.92. The van der Waals surface area contributed by atoms with Gasteiger partial charge in [0.05, 0.1) is 11.1 Å². The maximum Gasteiger partial charge on any atom is 0.311 e. The van der Waals surface area contributed by atoms with Crippen LogP contribution in [0, 0.1) is 5.41 Å². The first kappa shape index (κ1) is 13.1. The zero-order valence-corrected chi connectivity index (χ0v) is 11.0. The highest BCUT2D eigenvalue weighted by Crippen LogP contribution is 2.30. The molecule has 1 aliphatic heterocycles.